The maximum absolute atomic E-state index is 12.4. The molecule has 3 aliphatic heterocycles. The van der Waals surface area contributed by atoms with E-state index in [0.29, 0.717) is 18.4 Å². The first-order valence-corrected chi connectivity index (χ1v) is 9.56. The molecule has 0 aromatic rings. The highest BCUT2D eigenvalue weighted by molar-refractivity contribution is 5.92. The molecule has 25 heavy (non-hydrogen) atoms. The topological polar surface area (TPSA) is 44.8 Å². The molecule has 0 amide bonds. The first kappa shape index (κ1) is 17.3. The lowest BCUT2D eigenvalue weighted by atomic mass is 9.58. The van der Waals surface area contributed by atoms with E-state index in [1.807, 2.05) is 6.92 Å². The summed E-state index contributed by atoms with van der Waals surface area (Å²) in [6.07, 6.45) is 8.49. The van der Waals surface area contributed by atoms with Gasteiger partial charge in [-0.3, -0.25) is 0 Å². The molecule has 2 bridgehead atoms. The maximum Gasteiger partial charge on any atom is 0.336 e. The Labute approximate surface area is 150 Å². The summed E-state index contributed by atoms with van der Waals surface area (Å²) in [6, 6.07) is 0. The van der Waals surface area contributed by atoms with Crippen LogP contribution in [0, 0.1) is 11.3 Å². The third-order valence-electron chi connectivity index (χ3n) is 7.48. The van der Waals surface area contributed by atoms with Crippen molar-refractivity contribution in [2.75, 3.05) is 7.11 Å². The van der Waals surface area contributed by atoms with Gasteiger partial charge in [0.15, 0.2) is 0 Å². The van der Waals surface area contributed by atoms with E-state index in [4.69, 9.17) is 14.2 Å². The second kappa shape index (κ2) is 5.43. The summed E-state index contributed by atoms with van der Waals surface area (Å²) in [6.45, 7) is 8.65. The highest BCUT2D eigenvalue weighted by Crippen LogP contribution is 2.62. The maximum atomic E-state index is 12.4. The van der Waals surface area contributed by atoms with Gasteiger partial charge >= 0.3 is 5.97 Å². The molecule has 4 aliphatic rings. The van der Waals surface area contributed by atoms with Crippen molar-refractivity contribution in [1.29, 1.82) is 0 Å². The SMILES string of the molecule is CO[C@]12C/C(C)=C\CC[C@@]3(C)[C@@H]4CC[C@@](C)(O4)[C@@H]3CC1=C(C)C(=O)O2. The Bertz CT molecular complexity index is 677. The minimum absolute atomic E-state index is 0.101. The molecule has 1 aliphatic carbocycles. The first-order valence-electron chi connectivity index (χ1n) is 9.56. The van der Waals surface area contributed by atoms with Gasteiger partial charge in [0.1, 0.15) is 0 Å². The molecule has 5 atom stereocenters. The lowest BCUT2D eigenvalue weighted by molar-refractivity contribution is -0.193. The van der Waals surface area contributed by atoms with Crippen molar-refractivity contribution in [3.63, 3.8) is 0 Å². The summed E-state index contributed by atoms with van der Waals surface area (Å²) < 4.78 is 18.1. The number of ether oxygens (including phenoxy) is 3. The molecule has 0 aromatic heterocycles. The molecule has 0 aromatic carbocycles. The summed E-state index contributed by atoms with van der Waals surface area (Å²) in [7, 11) is 1.66. The molecule has 4 nitrogen and oxygen atoms in total. The Morgan fingerprint density at radius 1 is 1.24 bits per heavy atom. The monoisotopic (exact) mass is 346 g/mol. The van der Waals surface area contributed by atoms with Crippen LogP contribution in [0.25, 0.3) is 0 Å². The molecule has 0 radical (unpaired) electrons. The van der Waals surface area contributed by atoms with E-state index in [0.717, 1.165) is 43.3 Å². The average molecular weight is 346 g/mol. The van der Waals surface area contributed by atoms with E-state index in [-0.39, 0.29) is 17.0 Å². The van der Waals surface area contributed by atoms with Gasteiger partial charge in [0.2, 0.25) is 5.79 Å². The van der Waals surface area contributed by atoms with Crippen LogP contribution in [0.3, 0.4) is 0 Å². The summed E-state index contributed by atoms with van der Waals surface area (Å²) in [5.74, 6) is -0.780. The van der Waals surface area contributed by atoms with Gasteiger partial charge < -0.3 is 14.2 Å². The predicted molar refractivity (Wildman–Crippen MR) is 94.9 cm³/mol. The van der Waals surface area contributed by atoms with E-state index in [2.05, 4.69) is 26.8 Å². The van der Waals surface area contributed by atoms with Gasteiger partial charge in [-0.15, -0.1) is 0 Å². The molecule has 2 fully saturated rings. The number of rotatable bonds is 1. The third-order valence-corrected chi connectivity index (χ3v) is 7.48. The molecule has 0 N–H and O–H groups in total. The van der Waals surface area contributed by atoms with Crippen LogP contribution < -0.4 is 0 Å². The number of allylic oxidation sites excluding steroid dienone is 1. The largest absolute Gasteiger partial charge is 0.425 e. The van der Waals surface area contributed by atoms with Crippen LogP contribution in [0.15, 0.2) is 22.8 Å². The summed E-state index contributed by atoms with van der Waals surface area (Å²) in [5, 5.41) is 0. The summed E-state index contributed by atoms with van der Waals surface area (Å²) >= 11 is 0. The van der Waals surface area contributed by atoms with Gasteiger partial charge in [-0.1, -0.05) is 18.6 Å². The lowest BCUT2D eigenvalue weighted by Gasteiger charge is -2.44. The minimum Gasteiger partial charge on any atom is -0.425 e. The van der Waals surface area contributed by atoms with Crippen LogP contribution >= 0.6 is 0 Å². The fraction of sp³-hybridized carbons (Fsp3) is 0.762. The molecule has 3 heterocycles. The Morgan fingerprint density at radius 2 is 2.00 bits per heavy atom. The second-order valence-electron chi connectivity index (χ2n) is 8.94. The van der Waals surface area contributed by atoms with Crippen molar-refractivity contribution in [1.82, 2.24) is 0 Å². The number of methoxy groups -OCH3 is 1. The average Bonchev–Trinajstić information content (AvgIpc) is 3.12. The Kier molecular flexibility index (Phi) is 3.76. The van der Waals surface area contributed by atoms with E-state index < -0.39 is 5.79 Å². The molecular formula is C21H30O4. The van der Waals surface area contributed by atoms with Gasteiger partial charge in [0.25, 0.3) is 0 Å². The zero-order valence-electron chi connectivity index (χ0n) is 16.1. The van der Waals surface area contributed by atoms with Crippen molar-refractivity contribution in [3.05, 3.63) is 22.8 Å². The lowest BCUT2D eigenvalue weighted by Crippen LogP contribution is -2.45. The van der Waals surface area contributed by atoms with Crippen LogP contribution in [-0.2, 0) is 19.0 Å². The van der Waals surface area contributed by atoms with E-state index in [9.17, 15) is 4.79 Å². The van der Waals surface area contributed by atoms with Crippen LogP contribution in [0.2, 0.25) is 0 Å². The number of carbonyl (C=O) groups excluding carboxylic acids is 1. The van der Waals surface area contributed by atoms with Crippen molar-refractivity contribution >= 4 is 5.97 Å². The Morgan fingerprint density at radius 3 is 2.72 bits per heavy atom. The third kappa shape index (κ3) is 2.30. The number of hydrogen-bond acceptors (Lipinski definition) is 4. The first-order chi connectivity index (χ1) is 11.7. The standard InChI is InChI=1S/C21H30O4/c1-13-7-6-9-19(3)16(20(4)10-8-17(19)24-20)11-15-14(2)18(22)25-21(15,12-13)23-5/h7,16-17H,6,8-12H2,1-5H3/b13-7-/t16-,17+,19-,20-,21+/m1/s1. The van der Waals surface area contributed by atoms with Crippen molar-refractivity contribution in [3.8, 4) is 0 Å². The summed E-state index contributed by atoms with van der Waals surface area (Å²) in [4.78, 5) is 12.4. The molecule has 0 spiro atoms. The summed E-state index contributed by atoms with van der Waals surface area (Å²) in [5.41, 5.74) is 3.02. The zero-order valence-corrected chi connectivity index (χ0v) is 16.1. The highest BCUT2D eigenvalue weighted by atomic mass is 16.7. The highest BCUT2D eigenvalue weighted by Gasteiger charge is 2.63. The van der Waals surface area contributed by atoms with Crippen molar-refractivity contribution in [2.45, 2.75) is 83.7 Å². The normalized spacial score (nSPS) is 48.7. The molecule has 0 saturated carbocycles. The van der Waals surface area contributed by atoms with E-state index >= 15 is 0 Å². The van der Waals surface area contributed by atoms with Crippen molar-refractivity contribution in [2.24, 2.45) is 11.3 Å². The van der Waals surface area contributed by atoms with Crippen LogP contribution in [-0.4, -0.2) is 30.6 Å². The number of esters is 1. The molecule has 2 saturated heterocycles. The fourth-order valence-electron chi connectivity index (χ4n) is 5.95. The van der Waals surface area contributed by atoms with Gasteiger partial charge in [-0.05, 0) is 64.2 Å². The number of hydrogen-bond donors (Lipinski definition) is 0. The van der Waals surface area contributed by atoms with Crippen LogP contribution in [0.4, 0.5) is 0 Å². The molecule has 138 valence electrons. The number of fused-ring (bicyclic) bond motifs is 6. The smallest absolute Gasteiger partial charge is 0.336 e. The number of carbonyl (C=O) groups is 1. The fourth-order valence-corrected chi connectivity index (χ4v) is 5.95. The zero-order chi connectivity index (χ0) is 18.0. The Hall–Kier alpha value is -1.13. The molecule has 4 rings (SSSR count). The second-order valence-corrected chi connectivity index (χ2v) is 8.94. The van der Waals surface area contributed by atoms with Gasteiger partial charge in [-0.25, -0.2) is 4.79 Å². The van der Waals surface area contributed by atoms with Gasteiger partial charge in [-0.2, -0.15) is 0 Å². The molecule has 0 unspecified atom stereocenters. The molecular weight excluding hydrogens is 316 g/mol. The van der Waals surface area contributed by atoms with Crippen LogP contribution in [0.1, 0.15) is 66.2 Å². The predicted octanol–water partition coefficient (Wildman–Crippen LogP) is 4.30. The minimum atomic E-state index is -0.932. The van der Waals surface area contributed by atoms with E-state index in [1.165, 1.54) is 5.57 Å². The molecule has 4 heteroatoms. The quantitative estimate of drug-likeness (QED) is 0.525. The van der Waals surface area contributed by atoms with Gasteiger partial charge in [0, 0.05) is 24.7 Å². The van der Waals surface area contributed by atoms with Crippen molar-refractivity contribution < 1.29 is 19.0 Å². The van der Waals surface area contributed by atoms with Gasteiger partial charge in [0.05, 0.1) is 11.7 Å². The Balaban J connectivity index is 1.83. The van der Waals surface area contributed by atoms with E-state index in [1.54, 1.807) is 7.11 Å². The van der Waals surface area contributed by atoms with Crippen LogP contribution in [0.5, 0.6) is 0 Å².